The summed E-state index contributed by atoms with van der Waals surface area (Å²) in [6.45, 7) is 6.65. The Morgan fingerprint density at radius 1 is 1.29 bits per heavy atom. The second-order valence-corrected chi connectivity index (χ2v) is 3.32. The molecule has 0 saturated carbocycles. The van der Waals surface area contributed by atoms with Crippen LogP contribution in [0, 0.1) is 0 Å². The van der Waals surface area contributed by atoms with Crippen molar-refractivity contribution in [2.45, 2.75) is 13.8 Å². The molecule has 17 heavy (non-hydrogen) atoms. The van der Waals surface area contributed by atoms with E-state index >= 15 is 0 Å². The lowest BCUT2D eigenvalue weighted by Crippen LogP contribution is -2.24. The van der Waals surface area contributed by atoms with Gasteiger partial charge in [0, 0.05) is 19.2 Å². The molecule has 0 bridgehead atoms. The van der Waals surface area contributed by atoms with Gasteiger partial charge in [-0.2, -0.15) is 0 Å². The largest absolute Gasteiger partial charge is 0.475 e. The standard InChI is InChI=1S/C11H18N4O2/c1-3-12-7-8-17-10-6-5-9(14-15-10)11(16)13-4-2/h5-6,12H,3-4,7-8H2,1-2H3,(H,13,16). The number of nitrogens with zero attached hydrogens (tertiary/aromatic N) is 2. The summed E-state index contributed by atoms with van der Waals surface area (Å²) in [5.41, 5.74) is 0.297. The van der Waals surface area contributed by atoms with Crippen LogP contribution in [0.5, 0.6) is 5.88 Å². The number of ether oxygens (including phenoxy) is 1. The molecule has 0 unspecified atom stereocenters. The van der Waals surface area contributed by atoms with Crippen molar-refractivity contribution in [2.75, 3.05) is 26.2 Å². The van der Waals surface area contributed by atoms with Crippen LogP contribution in [0.1, 0.15) is 24.3 Å². The smallest absolute Gasteiger partial charge is 0.271 e. The Labute approximate surface area is 101 Å². The lowest BCUT2D eigenvalue weighted by molar-refractivity contribution is 0.0949. The number of nitrogens with one attached hydrogen (secondary N) is 2. The molecule has 0 aliphatic carbocycles. The van der Waals surface area contributed by atoms with Crippen molar-refractivity contribution in [1.29, 1.82) is 0 Å². The monoisotopic (exact) mass is 238 g/mol. The predicted octanol–water partition coefficient (Wildman–Crippen LogP) is 0.215. The molecule has 1 amide bonds. The van der Waals surface area contributed by atoms with Crippen molar-refractivity contribution in [2.24, 2.45) is 0 Å². The van der Waals surface area contributed by atoms with Gasteiger partial charge < -0.3 is 15.4 Å². The van der Waals surface area contributed by atoms with Gasteiger partial charge in [-0.3, -0.25) is 4.79 Å². The zero-order valence-corrected chi connectivity index (χ0v) is 10.2. The number of likely N-dealkylation sites (N-methyl/N-ethyl adjacent to an activating group) is 1. The van der Waals surface area contributed by atoms with E-state index in [2.05, 4.69) is 20.8 Å². The van der Waals surface area contributed by atoms with E-state index in [0.29, 0.717) is 24.7 Å². The Hall–Kier alpha value is -1.69. The molecule has 0 aromatic carbocycles. The molecule has 1 rings (SSSR count). The lowest BCUT2D eigenvalue weighted by Gasteiger charge is -2.05. The van der Waals surface area contributed by atoms with Crippen LogP contribution in [0.25, 0.3) is 0 Å². The van der Waals surface area contributed by atoms with Gasteiger partial charge in [-0.25, -0.2) is 0 Å². The second kappa shape index (κ2) is 7.56. The zero-order chi connectivity index (χ0) is 12.5. The number of hydrogen-bond donors (Lipinski definition) is 2. The summed E-state index contributed by atoms with van der Waals surface area (Å²) in [6.07, 6.45) is 0. The molecule has 6 nitrogen and oxygen atoms in total. The fourth-order valence-electron chi connectivity index (χ4n) is 1.17. The molecule has 0 atom stereocenters. The van der Waals surface area contributed by atoms with Crippen molar-refractivity contribution < 1.29 is 9.53 Å². The minimum absolute atomic E-state index is 0.223. The fraction of sp³-hybridized carbons (Fsp3) is 0.545. The first-order valence-electron chi connectivity index (χ1n) is 5.73. The SMILES string of the molecule is CCNCCOc1ccc(C(=O)NCC)nn1. The summed E-state index contributed by atoms with van der Waals surface area (Å²) in [5, 5.41) is 13.4. The average molecular weight is 238 g/mol. The molecular weight excluding hydrogens is 220 g/mol. The normalized spacial score (nSPS) is 10.0. The first-order valence-corrected chi connectivity index (χ1v) is 5.73. The summed E-state index contributed by atoms with van der Waals surface area (Å²) in [4.78, 5) is 11.4. The molecule has 0 spiro atoms. The molecule has 0 aliphatic heterocycles. The molecule has 94 valence electrons. The van der Waals surface area contributed by atoms with Crippen LogP contribution in [0.15, 0.2) is 12.1 Å². The molecule has 0 saturated heterocycles. The van der Waals surface area contributed by atoms with Crippen molar-refractivity contribution >= 4 is 5.91 Å². The van der Waals surface area contributed by atoms with Crippen LogP contribution in [0.4, 0.5) is 0 Å². The minimum Gasteiger partial charge on any atom is -0.475 e. The Morgan fingerprint density at radius 2 is 2.12 bits per heavy atom. The summed E-state index contributed by atoms with van der Waals surface area (Å²) >= 11 is 0. The number of carbonyl (C=O) groups excluding carboxylic acids is 1. The second-order valence-electron chi connectivity index (χ2n) is 3.32. The summed E-state index contributed by atoms with van der Waals surface area (Å²) in [5.74, 6) is 0.204. The van der Waals surface area contributed by atoms with E-state index in [1.807, 2.05) is 13.8 Å². The highest BCUT2D eigenvalue weighted by molar-refractivity contribution is 5.91. The number of amides is 1. The van der Waals surface area contributed by atoms with Crippen molar-refractivity contribution in [3.05, 3.63) is 17.8 Å². The molecule has 2 N–H and O–H groups in total. The molecule has 1 aromatic rings. The Bertz CT molecular complexity index is 340. The lowest BCUT2D eigenvalue weighted by atomic mass is 10.3. The molecular formula is C11H18N4O2. The molecule has 0 fully saturated rings. The van der Waals surface area contributed by atoms with Gasteiger partial charge >= 0.3 is 0 Å². The highest BCUT2D eigenvalue weighted by Crippen LogP contribution is 2.04. The van der Waals surface area contributed by atoms with E-state index in [1.54, 1.807) is 12.1 Å². The van der Waals surface area contributed by atoms with E-state index in [9.17, 15) is 4.79 Å². The number of aromatic nitrogens is 2. The Kier molecular flexibility index (Phi) is 5.95. The molecule has 1 aromatic heterocycles. The van der Waals surface area contributed by atoms with Crippen molar-refractivity contribution in [3.8, 4) is 5.88 Å². The topological polar surface area (TPSA) is 76.1 Å². The molecule has 6 heteroatoms. The Balaban J connectivity index is 2.42. The van der Waals surface area contributed by atoms with E-state index < -0.39 is 0 Å². The number of rotatable bonds is 7. The van der Waals surface area contributed by atoms with Crippen molar-refractivity contribution in [1.82, 2.24) is 20.8 Å². The summed E-state index contributed by atoms with van der Waals surface area (Å²) in [7, 11) is 0. The predicted molar refractivity (Wildman–Crippen MR) is 64.1 cm³/mol. The zero-order valence-electron chi connectivity index (χ0n) is 10.2. The third-order valence-electron chi connectivity index (χ3n) is 1.99. The van der Waals surface area contributed by atoms with Gasteiger partial charge in [-0.05, 0) is 19.5 Å². The van der Waals surface area contributed by atoms with Gasteiger partial charge in [0.15, 0.2) is 5.69 Å². The third-order valence-corrected chi connectivity index (χ3v) is 1.99. The van der Waals surface area contributed by atoms with Crippen molar-refractivity contribution in [3.63, 3.8) is 0 Å². The minimum atomic E-state index is -0.223. The van der Waals surface area contributed by atoms with Gasteiger partial charge in [-0.1, -0.05) is 6.92 Å². The van der Waals surface area contributed by atoms with Crippen LogP contribution >= 0.6 is 0 Å². The third kappa shape index (κ3) is 4.78. The average Bonchev–Trinajstić information content (AvgIpc) is 2.36. The van der Waals surface area contributed by atoms with Crippen LogP contribution < -0.4 is 15.4 Å². The first kappa shape index (κ1) is 13.4. The van der Waals surface area contributed by atoms with Gasteiger partial charge in [0.05, 0.1) is 0 Å². The number of carbonyl (C=O) groups is 1. The quantitative estimate of drug-likeness (QED) is 0.664. The summed E-state index contributed by atoms with van der Waals surface area (Å²) < 4.78 is 5.33. The number of hydrogen-bond acceptors (Lipinski definition) is 5. The van der Waals surface area contributed by atoms with E-state index in [1.165, 1.54) is 0 Å². The van der Waals surface area contributed by atoms with Gasteiger partial charge in [0.2, 0.25) is 5.88 Å². The molecule has 1 heterocycles. The van der Waals surface area contributed by atoms with E-state index in [4.69, 9.17) is 4.74 Å². The summed E-state index contributed by atoms with van der Waals surface area (Å²) in [6, 6.07) is 3.24. The Morgan fingerprint density at radius 3 is 2.71 bits per heavy atom. The maximum Gasteiger partial charge on any atom is 0.271 e. The maximum absolute atomic E-state index is 11.4. The van der Waals surface area contributed by atoms with Gasteiger partial charge in [-0.15, -0.1) is 10.2 Å². The van der Waals surface area contributed by atoms with Gasteiger partial charge in [0.1, 0.15) is 6.61 Å². The van der Waals surface area contributed by atoms with Gasteiger partial charge in [0.25, 0.3) is 5.91 Å². The van der Waals surface area contributed by atoms with E-state index in [-0.39, 0.29) is 5.91 Å². The van der Waals surface area contributed by atoms with Crippen LogP contribution in [-0.2, 0) is 0 Å². The van der Waals surface area contributed by atoms with Crippen LogP contribution in [0.2, 0.25) is 0 Å². The molecule has 0 radical (unpaired) electrons. The van der Waals surface area contributed by atoms with Crippen LogP contribution in [0.3, 0.4) is 0 Å². The fourth-order valence-corrected chi connectivity index (χ4v) is 1.17. The van der Waals surface area contributed by atoms with E-state index in [0.717, 1.165) is 13.1 Å². The molecule has 0 aliphatic rings. The first-order chi connectivity index (χ1) is 8.27. The highest BCUT2D eigenvalue weighted by Gasteiger charge is 2.06. The van der Waals surface area contributed by atoms with Crippen LogP contribution in [-0.4, -0.2) is 42.3 Å². The highest BCUT2D eigenvalue weighted by atomic mass is 16.5. The maximum atomic E-state index is 11.4.